The molecule has 1 heterocycles. The minimum Gasteiger partial charge on any atom is -0.480 e. The Balaban J connectivity index is 2.66. The number of rotatable bonds is 2. The van der Waals surface area contributed by atoms with Crippen LogP contribution in [0.5, 0.6) is 6.01 Å². The number of benzene rings is 1. The van der Waals surface area contributed by atoms with Crippen molar-refractivity contribution in [2.75, 3.05) is 0 Å². The fraction of sp³-hybridized carbons (Fsp3) is 0.0833. The molecular weight excluding hydrogens is 223 g/mol. The normalized spacial score (nSPS) is 10.5. The zero-order chi connectivity index (χ0) is 12.4. The van der Waals surface area contributed by atoms with E-state index in [9.17, 15) is 14.3 Å². The summed E-state index contributed by atoms with van der Waals surface area (Å²) in [5, 5.41) is 9.57. The van der Waals surface area contributed by atoms with Crippen molar-refractivity contribution in [2.24, 2.45) is 0 Å². The van der Waals surface area contributed by atoms with Gasteiger partial charge < -0.3 is 5.11 Å². The molecule has 2 rings (SSSR count). The second-order valence-corrected chi connectivity index (χ2v) is 3.45. The molecule has 5 heteroatoms. The van der Waals surface area contributed by atoms with Gasteiger partial charge in [-0.15, -0.1) is 0 Å². The van der Waals surface area contributed by atoms with Gasteiger partial charge in [0.1, 0.15) is 5.82 Å². The monoisotopic (exact) mass is 233 g/mol. The minimum absolute atomic E-state index is 0.271. The standard InChI is InChI=1S/C12H10FN2O2/c1-2-8-7-14-12(17)15(11(8)16)10-5-3-9(13)4-6-10/h3-7H,1-2H2,(H,14,17). The van der Waals surface area contributed by atoms with Crippen LogP contribution in [0.3, 0.4) is 0 Å². The molecule has 0 bridgehead atoms. The molecule has 0 amide bonds. The van der Waals surface area contributed by atoms with E-state index >= 15 is 0 Å². The van der Waals surface area contributed by atoms with E-state index in [4.69, 9.17) is 0 Å². The van der Waals surface area contributed by atoms with E-state index in [1.807, 2.05) is 0 Å². The molecule has 87 valence electrons. The smallest absolute Gasteiger partial charge is 0.301 e. The Bertz CT molecular complexity index is 590. The molecule has 1 aromatic carbocycles. The van der Waals surface area contributed by atoms with Gasteiger partial charge in [-0.3, -0.25) is 4.79 Å². The highest BCUT2D eigenvalue weighted by molar-refractivity contribution is 5.35. The summed E-state index contributed by atoms with van der Waals surface area (Å²) in [4.78, 5) is 15.6. The van der Waals surface area contributed by atoms with Crippen LogP contribution in [0, 0.1) is 12.7 Å². The Morgan fingerprint density at radius 2 is 2.00 bits per heavy atom. The molecule has 0 saturated heterocycles. The van der Waals surface area contributed by atoms with E-state index in [2.05, 4.69) is 11.9 Å². The van der Waals surface area contributed by atoms with Crippen LogP contribution in [0.25, 0.3) is 5.69 Å². The fourth-order valence-electron chi connectivity index (χ4n) is 1.48. The van der Waals surface area contributed by atoms with E-state index in [0.717, 1.165) is 4.57 Å². The summed E-state index contributed by atoms with van der Waals surface area (Å²) in [7, 11) is 0. The quantitative estimate of drug-likeness (QED) is 0.854. The van der Waals surface area contributed by atoms with Gasteiger partial charge in [-0.25, -0.2) is 13.9 Å². The zero-order valence-corrected chi connectivity index (χ0v) is 8.93. The van der Waals surface area contributed by atoms with Gasteiger partial charge in [-0.1, -0.05) is 0 Å². The lowest BCUT2D eigenvalue weighted by Crippen LogP contribution is -2.22. The lowest BCUT2D eigenvalue weighted by molar-refractivity contribution is 0.410. The number of nitrogens with zero attached hydrogens (tertiary/aromatic N) is 2. The fourth-order valence-corrected chi connectivity index (χ4v) is 1.48. The Morgan fingerprint density at radius 3 is 2.59 bits per heavy atom. The van der Waals surface area contributed by atoms with Crippen LogP contribution in [0.1, 0.15) is 5.56 Å². The lowest BCUT2D eigenvalue weighted by Gasteiger charge is -2.08. The number of halogens is 1. The molecule has 17 heavy (non-hydrogen) atoms. The second-order valence-electron chi connectivity index (χ2n) is 3.45. The van der Waals surface area contributed by atoms with E-state index in [-0.39, 0.29) is 6.42 Å². The SMILES string of the molecule is [CH2]Cc1cnc(O)n(-c2ccc(F)cc2)c1=O. The molecule has 0 aliphatic carbocycles. The first-order valence-electron chi connectivity index (χ1n) is 4.98. The first-order valence-corrected chi connectivity index (χ1v) is 4.98. The maximum absolute atomic E-state index is 12.8. The third kappa shape index (κ3) is 2.04. The Morgan fingerprint density at radius 1 is 1.35 bits per heavy atom. The van der Waals surface area contributed by atoms with Crippen molar-refractivity contribution in [3.8, 4) is 11.7 Å². The van der Waals surface area contributed by atoms with Crippen LogP contribution in [0.15, 0.2) is 35.3 Å². The van der Waals surface area contributed by atoms with Crippen LogP contribution >= 0.6 is 0 Å². The van der Waals surface area contributed by atoms with Gasteiger partial charge in [0.05, 0.1) is 5.69 Å². The number of hydrogen-bond acceptors (Lipinski definition) is 3. The summed E-state index contributed by atoms with van der Waals surface area (Å²) >= 11 is 0. The summed E-state index contributed by atoms with van der Waals surface area (Å²) < 4.78 is 13.8. The molecule has 0 unspecified atom stereocenters. The van der Waals surface area contributed by atoms with Crippen molar-refractivity contribution in [2.45, 2.75) is 6.42 Å². The van der Waals surface area contributed by atoms with Crippen LogP contribution < -0.4 is 5.56 Å². The van der Waals surface area contributed by atoms with E-state index in [0.29, 0.717) is 11.3 Å². The van der Waals surface area contributed by atoms with Crippen LogP contribution in [-0.2, 0) is 6.42 Å². The summed E-state index contributed by atoms with van der Waals surface area (Å²) in [6.07, 6.45) is 1.55. The van der Waals surface area contributed by atoms with Gasteiger partial charge in [0, 0.05) is 11.8 Å². The largest absolute Gasteiger partial charge is 0.480 e. The first-order chi connectivity index (χ1) is 8.13. The highest BCUT2D eigenvalue weighted by Gasteiger charge is 2.10. The van der Waals surface area contributed by atoms with Gasteiger partial charge in [-0.2, -0.15) is 0 Å². The van der Waals surface area contributed by atoms with E-state index in [1.165, 1.54) is 30.5 Å². The van der Waals surface area contributed by atoms with E-state index in [1.54, 1.807) is 0 Å². The summed E-state index contributed by atoms with van der Waals surface area (Å²) in [5.74, 6) is -0.414. The minimum atomic E-state index is -0.432. The van der Waals surface area contributed by atoms with Gasteiger partial charge in [0.2, 0.25) is 0 Å². The zero-order valence-electron chi connectivity index (χ0n) is 8.93. The van der Waals surface area contributed by atoms with Gasteiger partial charge in [0.25, 0.3) is 5.56 Å². The summed E-state index contributed by atoms with van der Waals surface area (Å²) in [5.41, 5.74) is 0.336. The molecule has 1 aromatic heterocycles. The van der Waals surface area contributed by atoms with Crippen LogP contribution in [0.2, 0.25) is 0 Å². The van der Waals surface area contributed by atoms with Gasteiger partial charge in [0.15, 0.2) is 0 Å². The van der Waals surface area contributed by atoms with Crippen molar-refractivity contribution < 1.29 is 9.50 Å². The highest BCUT2D eigenvalue weighted by Crippen LogP contribution is 2.12. The molecule has 0 atom stereocenters. The third-order valence-corrected chi connectivity index (χ3v) is 2.37. The molecular formula is C12H10FN2O2. The first kappa shape index (κ1) is 11.3. The van der Waals surface area contributed by atoms with E-state index < -0.39 is 17.4 Å². The van der Waals surface area contributed by atoms with Crippen LogP contribution in [0.4, 0.5) is 4.39 Å². The average molecular weight is 233 g/mol. The number of hydrogen-bond donors (Lipinski definition) is 1. The maximum atomic E-state index is 12.8. The van der Waals surface area contributed by atoms with Crippen molar-refractivity contribution in [3.05, 3.63) is 59.1 Å². The maximum Gasteiger partial charge on any atom is 0.301 e. The topological polar surface area (TPSA) is 55.1 Å². The van der Waals surface area contributed by atoms with Crippen molar-refractivity contribution >= 4 is 0 Å². The molecule has 0 aliphatic heterocycles. The molecule has 0 spiro atoms. The van der Waals surface area contributed by atoms with Crippen molar-refractivity contribution in [3.63, 3.8) is 0 Å². The summed E-state index contributed by atoms with van der Waals surface area (Å²) in [6, 6.07) is 4.77. The summed E-state index contributed by atoms with van der Waals surface area (Å²) in [6.45, 7) is 3.60. The highest BCUT2D eigenvalue weighted by atomic mass is 19.1. The lowest BCUT2D eigenvalue weighted by atomic mass is 10.2. The molecule has 0 saturated carbocycles. The third-order valence-electron chi connectivity index (χ3n) is 2.37. The average Bonchev–Trinajstić information content (AvgIpc) is 2.32. The Hall–Kier alpha value is -2.17. The second kappa shape index (κ2) is 4.37. The predicted octanol–water partition coefficient (Wildman–Crippen LogP) is 1.45. The van der Waals surface area contributed by atoms with Gasteiger partial charge >= 0.3 is 6.01 Å². The molecule has 0 aliphatic rings. The number of aromatic hydroxyl groups is 1. The molecule has 4 nitrogen and oxygen atoms in total. The molecule has 0 fully saturated rings. The van der Waals surface area contributed by atoms with Crippen LogP contribution in [-0.4, -0.2) is 14.7 Å². The molecule has 1 radical (unpaired) electrons. The van der Waals surface area contributed by atoms with Crippen molar-refractivity contribution in [1.29, 1.82) is 0 Å². The molecule has 1 N–H and O–H groups in total. The van der Waals surface area contributed by atoms with Crippen molar-refractivity contribution in [1.82, 2.24) is 9.55 Å². The number of aromatic nitrogens is 2. The molecule has 2 aromatic rings. The Labute approximate surface area is 97.0 Å². The predicted molar refractivity (Wildman–Crippen MR) is 60.5 cm³/mol. The van der Waals surface area contributed by atoms with Gasteiger partial charge in [-0.05, 0) is 37.6 Å². The Kier molecular flexibility index (Phi) is 2.91.